The monoisotopic (exact) mass is 1090 g/mol. The van der Waals surface area contributed by atoms with Crippen LogP contribution in [0, 0.1) is 19.9 Å². The van der Waals surface area contributed by atoms with E-state index in [1.807, 2.05) is 6.07 Å². The molecule has 0 aliphatic carbocycles. The molecule has 72 heavy (non-hydrogen) atoms. The SMILES string of the molecule is Cc1cc2c(-c3cc(C(C)(C)C)cc(C(C)(C)C)c3)c(C(C)(C)C)ccc2[cH-]1.Cc1cc2c(-c3cc(C(C)(C)C)cc(C(C)(C)C)c3)c(C(C)(C)C)ccc2[cH-]1.[Cl][Zr][Cl].[c-]1cccc2c1[Si]c1ccccc1-2. The maximum Gasteiger partial charge on any atom is 0.0920 e. The van der Waals surface area contributed by atoms with Crippen LogP contribution in [0.4, 0.5) is 0 Å². The Morgan fingerprint density at radius 2 is 0.792 bits per heavy atom. The summed E-state index contributed by atoms with van der Waals surface area (Å²) in [7, 11) is 10.7. The predicted molar refractivity (Wildman–Crippen MR) is 319 cm³/mol. The molecular weight excluding hydrogens is 1010 g/mol. The number of hydrogen-bond acceptors (Lipinski definition) is 0. The molecule has 8 aromatic rings. The fraction of sp³-hybridized carbons (Fsp3) is 0.382. The minimum atomic E-state index is -0.826. The fourth-order valence-electron chi connectivity index (χ4n) is 9.74. The summed E-state index contributed by atoms with van der Waals surface area (Å²) in [4.78, 5) is 0. The average molecular weight is 1090 g/mol. The van der Waals surface area contributed by atoms with Gasteiger partial charge in [-0.05, 0) is 65.9 Å². The van der Waals surface area contributed by atoms with Crippen molar-refractivity contribution in [2.45, 2.75) is 171 Å². The number of hydrogen-bond donors (Lipinski definition) is 0. The van der Waals surface area contributed by atoms with Crippen LogP contribution in [0.5, 0.6) is 0 Å². The van der Waals surface area contributed by atoms with Crippen molar-refractivity contribution in [2.24, 2.45) is 0 Å². The third-order valence-electron chi connectivity index (χ3n) is 13.9. The van der Waals surface area contributed by atoms with Gasteiger partial charge < -0.3 is 0 Å². The summed E-state index contributed by atoms with van der Waals surface area (Å²) in [5.41, 5.74) is 20.1. The molecule has 2 radical (unpaired) electrons. The second-order valence-corrected chi connectivity index (χ2v) is 31.4. The number of halogens is 2. The van der Waals surface area contributed by atoms with E-state index in [1.54, 1.807) is 0 Å². The molecule has 0 saturated heterocycles. The van der Waals surface area contributed by atoms with Gasteiger partial charge in [-0.25, -0.2) is 0 Å². The van der Waals surface area contributed by atoms with Crippen molar-refractivity contribution in [2.75, 3.05) is 0 Å². The van der Waals surface area contributed by atoms with Gasteiger partial charge in [-0.1, -0.05) is 232 Å². The molecule has 1 aliphatic rings. The molecule has 1 aliphatic heterocycles. The van der Waals surface area contributed by atoms with Gasteiger partial charge in [0.05, 0.1) is 9.52 Å². The van der Waals surface area contributed by atoms with Crippen LogP contribution >= 0.6 is 17.0 Å². The first-order chi connectivity index (χ1) is 33.2. The van der Waals surface area contributed by atoms with Crippen LogP contribution in [0.2, 0.25) is 0 Å². The Morgan fingerprint density at radius 3 is 1.15 bits per heavy atom. The molecule has 0 aromatic heterocycles. The average Bonchev–Trinajstić information content (AvgIpc) is 3.97. The summed E-state index contributed by atoms with van der Waals surface area (Å²) in [6.07, 6.45) is 0. The summed E-state index contributed by atoms with van der Waals surface area (Å²) < 4.78 is 0. The molecule has 0 unspecified atom stereocenters. The smallest absolute Gasteiger partial charge is 0.0920 e. The van der Waals surface area contributed by atoms with E-state index in [0.717, 1.165) is 9.52 Å². The predicted octanol–water partition coefficient (Wildman–Crippen LogP) is 19.4. The third kappa shape index (κ3) is 13.5. The first-order valence-electron chi connectivity index (χ1n) is 25.8. The van der Waals surface area contributed by atoms with E-state index in [1.165, 1.54) is 110 Å². The zero-order chi connectivity index (χ0) is 53.5. The first-order valence-corrected chi connectivity index (χ1v) is 33.1. The molecule has 0 saturated carbocycles. The third-order valence-corrected chi connectivity index (χ3v) is 15.3. The Bertz CT molecular complexity index is 2890. The van der Waals surface area contributed by atoms with Crippen LogP contribution in [0.3, 0.4) is 0 Å². The molecule has 0 spiro atoms. The van der Waals surface area contributed by atoms with E-state index >= 15 is 0 Å². The zero-order valence-corrected chi connectivity index (χ0v) is 52.4. The number of benzene rings is 6. The second-order valence-electron chi connectivity index (χ2n) is 26.3. The molecule has 378 valence electrons. The maximum absolute atomic E-state index is 4.93. The Kier molecular flexibility index (Phi) is 17.4. The van der Waals surface area contributed by atoms with Crippen molar-refractivity contribution in [3.05, 3.63) is 178 Å². The van der Waals surface area contributed by atoms with E-state index in [2.05, 4.69) is 266 Å². The van der Waals surface area contributed by atoms with Gasteiger partial charge in [0, 0.05) is 0 Å². The number of rotatable bonds is 2. The van der Waals surface area contributed by atoms with Crippen molar-refractivity contribution < 1.29 is 20.8 Å². The normalized spacial score (nSPS) is 12.8. The molecule has 9 rings (SSSR count). The maximum atomic E-state index is 4.93. The van der Waals surface area contributed by atoms with Gasteiger partial charge in [-0.2, -0.15) is 41.6 Å². The van der Waals surface area contributed by atoms with Crippen LogP contribution in [0.1, 0.15) is 169 Å². The van der Waals surface area contributed by atoms with Crippen LogP contribution in [0.25, 0.3) is 54.9 Å². The molecule has 4 heteroatoms. The van der Waals surface area contributed by atoms with E-state index in [4.69, 9.17) is 17.0 Å². The fourth-order valence-corrected chi connectivity index (χ4v) is 11.0. The largest absolute Gasteiger partial charge is 0.184 e. The minimum absolute atomic E-state index is 0.0916. The molecule has 0 bridgehead atoms. The second kappa shape index (κ2) is 21.8. The van der Waals surface area contributed by atoms with E-state index in [0.29, 0.717) is 0 Å². The van der Waals surface area contributed by atoms with Gasteiger partial charge >= 0.3 is 37.9 Å². The topological polar surface area (TPSA) is 0 Å². The minimum Gasteiger partial charge on any atom is -0.184 e. The van der Waals surface area contributed by atoms with Crippen LogP contribution < -0.4 is 10.4 Å². The standard InChI is InChI=1S/2C28H37.C12H7Si.2ClH.Zr/c2*1-18-13-19-11-12-24(28(8,9)10)25(23(19)14-18)20-15-21(26(2,3)4)17-22(16-20)27(5,6)7;1-3-7-11-9(5-1)10-6-2-4-8-12(10)13-11;;;/h2*11-17H,1-10H3;1-7H;2*1H;/q3*-1;;;+2/p-2. The van der Waals surface area contributed by atoms with E-state index in [9.17, 15) is 0 Å². The number of fused-ring (bicyclic) bond motifs is 5. The Balaban J connectivity index is 0.000000181. The Labute approximate surface area is 458 Å². The van der Waals surface area contributed by atoms with Gasteiger partial charge in [-0.15, -0.1) is 74.6 Å². The van der Waals surface area contributed by atoms with Crippen LogP contribution in [-0.4, -0.2) is 9.52 Å². The van der Waals surface area contributed by atoms with Gasteiger partial charge in [0.15, 0.2) is 0 Å². The summed E-state index contributed by atoms with van der Waals surface area (Å²) in [6.45, 7) is 46.1. The molecule has 0 atom stereocenters. The van der Waals surface area contributed by atoms with Gasteiger partial charge in [0.25, 0.3) is 0 Å². The van der Waals surface area contributed by atoms with Crippen molar-refractivity contribution >= 4 is 58.5 Å². The van der Waals surface area contributed by atoms with Crippen molar-refractivity contribution in [3.63, 3.8) is 0 Å². The van der Waals surface area contributed by atoms with Crippen LogP contribution in [-0.2, 0) is 53.3 Å². The molecular formula is C68H81Cl2SiZr-3. The number of aryl methyl sites for hydroxylation is 2. The summed E-state index contributed by atoms with van der Waals surface area (Å²) in [5, 5.41) is 8.29. The van der Waals surface area contributed by atoms with E-state index in [-0.39, 0.29) is 32.5 Å². The van der Waals surface area contributed by atoms with Crippen molar-refractivity contribution in [3.8, 4) is 33.4 Å². The van der Waals surface area contributed by atoms with Crippen LogP contribution in [0.15, 0.2) is 127 Å². The molecule has 0 amide bonds. The quantitative estimate of drug-likeness (QED) is 0.120. The summed E-state index contributed by atoms with van der Waals surface area (Å²) in [5.74, 6) is 0. The molecule has 8 aromatic carbocycles. The Morgan fingerprint density at radius 1 is 0.431 bits per heavy atom. The van der Waals surface area contributed by atoms with Crippen molar-refractivity contribution in [1.29, 1.82) is 0 Å². The first kappa shape index (κ1) is 57.5. The molecule has 0 fully saturated rings. The zero-order valence-electron chi connectivity index (χ0n) is 47.4. The summed E-state index contributed by atoms with van der Waals surface area (Å²) >= 11 is -0.826. The van der Waals surface area contributed by atoms with Gasteiger partial charge in [-0.3, -0.25) is 0 Å². The molecule has 0 nitrogen and oxygen atoms in total. The Hall–Kier alpha value is -3.78. The molecule has 0 N–H and O–H groups in total. The van der Waals surface area contributed by atoms with Gasteiger partial charge in [0.2, 0.25) is 0 Å². The summed E-state index contributed by atoms with van der Waals surface area (Å²) in [6, 6.07) is 51.3. The van der Waals surface area contributed by atoms with Crippen molar-refractivity contribution in [1.82, 2.24) is 0 Å². The van der Waals surface area contributed by atoms with E-state index < -0.39 is 20.8 Å². The molecule has 1 heterocycles. The van der Waals surface area contributed by atoms with Gasteiger partial charge in [0.1, 0.15) is 0 Å².